The molecule has 0 aliphatic heterocycles. The number of ether oxygens (including phenoxy) is 1. The molecule has 0 N–H and O–H groups in total. The van der Waals surface area contributed by atoms with Crippen LogP contribution in [0, 0.1) is 28.6 Å². The number of nitrogens with zero attached hydrogens (tertiary/aromatic N) is 1. The smallest absolute Gasteiger partial charge is 0.0689 e. The van der Waals surface area contributed by atoms with Crippen molar-refractivity contribution >= 4 is 0 Å². The third kappa shape index (κ3) is 8.44. The Hall–Kier alpha value is -0.550. The number of hydrogen-bond donors (Lipinski definition) is 0. The van der Waals surface area contributed by atoms with Crippen molar-refractivity contribution in [2.45, 2.75) is 136 Å². The molecule has 2 aliphatic rings. The van der Waals surface area contributed by atoms with Crippen LogP contribution in [0.25, 0.3) is 0 Å². The van der Waals surface area contributed by atoms with Crippen LogP contribution in [-0.2, 0) is 4.74 Å². The number of nitriles is 1. The van der Waals surface area contributed by atoms with Crippen molar-refractivity contribution < 1.29 is 4.74 Å². The zero-order chi connectivity index (χ0) is 20.1. The molecular formula is C26H47NO. The van der Waals surface area contributed by atoms with E-state index in [-0.39, 0.29) is 5.41 Å². The van der Waals surface area contributed by atoms with Gasteiger partial charge in [0.1, 0.15) is 0 Å². The molecule has 2 rings (SSSR count). The van der Waals surface area contributed by atoms with Gasteiger partial charge in [0.15, 0.2) is 0 Å². The number of rotatable bonds is 13. The van der Waals surface area contributed by atoms with Crippen LogP contribution in [0.5, 0.6) is 0 Å². The minimum Gasteiger partial charge on any atom is -0.378 e. The maximum absolute atomic E-state index is 9.70. The van der Waals surface area contributed by atoms with E-state index < -0.39 is 0 Å². The van der Waals surface area contributed by atoms with E-state index in [0.29, 0.717) is 6.10 Å². The van der Waals surface area contributed by atoms with Gasteiger partial charge in [0.05, 0.1) is 17.6 Å². The van der Waals surface area contributed by atoms with Crippen LogP contribution in [0.2, 0.25) is 0 Å². The Bertz CT molecular complexity index is 424. The van der Waals surface area contributed by atoms with Crippen molar-refractivity contribution in [1.82, 2.24) is 0 Å². The molecule has 0 saturated heterocycles. The average Bonchev–Trinajstić information content (AvgIpc) is 2.74. The maximum Gasteiger partial charge on any atom is 0.0689 e. The van der Waals surface area contributed by atoms with Crippen molar-refractivity contribution in [2.24, 2.45) is 17.3 Å². The van der Waals surface area contributed by atoms with Crippen molar-refractivity contribution in [2.75, 3.05) is 6.61 Å². The van der Waals surface area contributed by atoms with Crippen LogP contribution in [0.1, 0.15) is 129 Å². The van der Waals surface area contributed by atoms with Crippen molar-refractivity contribution in [3.05, 3.63) is 0 Å². The second-order valence-corrected chi connectivity index (χ2v) is 9.97. The van der Waals surface area contributed by atoms with Crippen LogP contribution < -0.4 is 0 Å². The predicted molar refractivity (Wildman–Crippen MR) is 119 cm³/mol. The molecule has 0 radical (unpaired) electrons. The third-order valence-corrected chi connectivity index (χ3v) is 7.64. The van der Waals surface area contributed by atoms with Gasteiger partial charge in [-0.25, -0.2) is 0 Å². The molecule has 0 amide bonds. The molecule has 0 heterocycles. The summed E-state index contributed by atoms with van der Waals surface area (Å²) < 4.78 is 6.34. The minimum atomic E-state index is -0.0375. The molecular weight excluding hydrogens is 342 g/mol. The summed E-state index contributed by atoms with van der Waals surface area (Å²) in [6.07, 6.45) is 23.8. The molecule has 2 fully saturated rings. The fourth-order valence-corrected chi connectivity index (χ4v) is 5.44. The lowest BCUT2D eigenvalue weighted by molar-refractivity contribution is -0.0185. The second-order valence-electron chi connectivity index (χ2n) is 9.97. The summed E-state index contributed by atoms with van der Waals surface area (Å²) in [5, 5.41) is 9.70. The van der Waals surface area contributed by atoms with Crippen molar-refractivity contribution in [3.8, 4) is 6.07 Å². The summed E-state index contributed by atoms with van der Waals surface area (Å²) in [6, 6.07) is 2.68. The monoisotopic (exact) mass is 389 g/mol. The lowest BCUT2D eigenvalue weighted by Gasteiger charge is -2.36. The van der Waals surface area contributed by atoms with E-state index in [0.717, 1.165) is 50.5 Å². The zero-order valence-electron chi connectivity index (χ0n) is 19.0. The summed E-state index contributed by atoms with van der Waals surface area (Å²) in [5.74, 6) is 1.79. The molecule has 162 valence electrons. The summed E-state index contributed by atoms with van der Waals surface area (Å²) >= 11 is 0. The van der Waals surface area contributed by atoms with Gasteiger partial charge >= 0.3 is 0 Å². The lowest BCUT2D eigenvalue weighted by Crippen LogP contribution is -2.31. The van der Waals surface area contributed by atoms with Gasteiger partial charge in [-0.1, -0.05) is 84.5 Å². The third-order valence-electron chi connectivity index (χ3n) is 7.64. The van der Waals surface area contributed by atoms with Gasteiger partial charge in [-0.3, -0.25) is 0 Å². The molecule has 0 aromatic rings. The maximum atomic E-state index is 9.70. The van der Waals surface area contributed by atoms with E-state index in [1.807, 2.05) is 0 Å². The number of unbranched alkanes of at least 4 members (excludes halogenated alkanes) is 6. The summed E-state index contributed by atoms with van der Waals surface area (Å²) in [7, 11) is 0. The highest BCUT2D eigenvalue weighted by atomic mass is 16.5. The Kier molecular flexibility index (Phi) is 11.6. The van der Waals surface area contributed by atoms with E-state index >= 15 is 0 Å². The van der Waals surface area contributed by atoms with Gasteiger partial charge in [-0.05, 0) is 56.8 Å². The van der Waals surface area contributed by atoms with Gasteiger partial charge in [0, 0.05) is 6.61 Å². The molecule has 0 aromatic heterocycles. The Labute approximate surface area is 175 Å². The fraction of sp³-hybridized carbons (Fsp3) is 0.962. The van der Waals surface area contributed by atoms with Crippen LogP contribution in [-0.4, -0.2) is 12.7 Å². The SMILES string of the molecule is CCCCCCC[C@H]1CC[C@H](CO[C@H]2CC[C@@](C#N)(CCCCC)CC2)CC1. The van der Waals surface area contributed by atoms with Gasteiger partial charge in [-0.2, -0.15) is 5.26 Å². The second kappa shape index (κ2) is 13.6. The Morgan fingerprint density at radius 3 is 2.04 bits per heavy atom. The highest BCUT2D eigenvalue weighted by Crippen LogP contribution is 2.41. The highest BCUT2D eigenvalue weighted by molar-refractivity contribution is 5.01. The minimum absolute atomic E-state index is 0.0375. The van der Waals surface area contributed by atoms with Crippen molar-refractivity contribution in [3.63, 3.8) is 0 Å². The van der Waals surface area contributed by atoms with Gasteiger partial charge < -0.3 is 4.74 Å². The van der Waals surface area contributed by atoms with Crippen molar-refractivity contribution in [1.29, 1.82) is 5.26 Å². The van der Waals surface area contributed by atoms with Gasteiger partial charge in [0.2, 0.25) is 0 Å². The largest absolute Gasteiger partial charge is 0.378 e. The molecule has 0 aromatic carbocycles. The summed E-state index contributed by atoms with van der Waals surface area (Å²) in [5.41, 5.74) is -0.0375. The average molecular weight is 390 g/mol. The van der Waals surface area contributed by atoms with Crippen LogP contribution in [0.4, 0.5) is 0 Å². The molecule has 0 unspecified atom stereocenters. The number of hydrogen-bond acceptors (Lipinski definition) is 2. The first-order valence-corrected chi connectivity index (χ1v) is 12.7. The van der Waals surface area contributed by atoms with E-state index in [2.05, 4.69) is 19.9 Å². The van der Waals surface area contributed by atoms with Crippen LogP contribution in [0.15, 0.2) is 0 Å². The van der Waals surface area contributed by atoms with Gasteiger partial charge in [-0.15, -0.1) is 0 Å². The topological polar surface area (TPSA) is 33.0 Å². The van der Waals surface area contributed by atoms with Crippen LogP contribution in [0.3, 0.4) is 0 Å². The lowest BCUT2D eigenvalue weighted by atomic mass is 9.71. The predicted octanol–water partition coefficient (Wildman–Crippen LogP) is 8.20. The molecule has 2 saturated carbocycles. The van der Waals surface area contributed by atoms with Gasteiger partial charge in [0.25, 0.3) is 0 Å². The highest BCUT2D eigenvalue weighted by Gasteiger charge is 2.35. The Morgan fingerprint density at radius 2 is 1.39 bits per heavy atom. The standard InChI is InChI=1S/C26H47NO/c1-3-5-7-8-9-11-23-12-14-24(15-13-23)21-28-25-16-19-26(22-27,20-17-25)18-10-6-4-2/h23-25H,3-21H2,1-2H3/t23-,24-,25-,26-. The first-order chi connectivity index (χ1) is 13.7. The van der Waals surface area contributed by atoms with Crippen LogP contribution >= 0.6 is 0 Å². The molecule has 2 aliphatic carbocycles. The quantitative estimate of drug-likeness (QED) is 0.297. The Balaban J connectivity index is 1.55. The fourth-order valence-electron chi connectivity index (χ4n) is 5.44. The molecule has 2 heteroatoms. The first-order valence-electron chi connectivity index (χ1n) is 12.7. The normalized spacial score (nSPS) is 30.8. The molecule has 2 nitrogen and oxygen atoms in total. The Morgan fingerprint density at radius 1 is 0.786 bits per heavy atom. The molecule has 28 heavy (non-hydrogen) atoms. The molecule has 0 atom stereocenters. The summed E-state index contributed by atoms with van der Waals surface area (Å²) in [6.45, 7) is 5.51. The summed E-state index contributed by atoms with van der Waals surface area (Å²) in [4.78, 5) is 0. The first kappa shape index (κ1) is 23.7. The van der Waals surface area contributed by atoms with E-state index in [4.69, 9.17) is 4.74 Å². The van der Waals surface area contributed by atoms with E-state index in [1.165, 1.54) is 83.5 Å². The zero-order valence-corrected chi connectivity index (χ0v) is 19.0. The molecule has 0 spiro atoms. The van der Waals surface area contributed by atoms with E-state index in [1.54, 1.807) is 0 Å². The van der Waals surface area contributed by atoms with E-state index in [9.17, 15) is 5.26 Å². The molecule has 0 bridgehead atoms.